The number of ether oxygens (including phenoxy) is 1. The summed E-state index contributed by atoms with van der Waals surface area (Å²) in [4.78, 5) is 14.2. The van der Waals surface area contributed by atoms with Crippen molar-refractivity contribution in [3.63, 3.8) is 0 Å². The van der Waals surface area contributed by atoms with Crippen LogP contribution < -0.4 is 4.74 Å². The molecule has 0 bridgehead atoms. The molecular weight excluding hydrogens is 342 g/mol. The van der Waals surface area contributed by atoms with Crippen molar-refractivity contribution in [3.05, 3.63) is 64.1 Å². The Labute approximate surface area is 140 Å². The van der Waals surface area contributed by atoms with Crippen molar-refractivity contribution < 1.29 is 9.53 Å². The van der Waals surface area contributed by atoms with Crippen molar-refractivity contribution in [1.82, 2.24) is 4.90 Å². The van der Waals surface area contributed by atoms with Crippen LogP contribution in [0, 0.1) is 0 Å². The second-order valence-corrected chi connectivity index (χ2v) is 5.75. The van der Waals surface area contributed by atoms with Crippen LogP contribution in [-0.4, -0.2) is 23.9 Å². The van der Waals surface area contributed by atoms with E-state index < -0.39 is 0 Å². The molecule has 1 amide bonds. The van der Waals surface area contributed by atoms with Gasteiger partial charge in [-0.1, -0.05) is 30.3 Å². The van der Waals surface area contributed by atoms with Crippen molar-refractivity contribution >= 4 is 21.8 Å². The van der Waals surface area contributed by atoms with Gasteiger partial charge in [-0.15, -0.1) is 0 Å². The summed E-state index contributed by atoms with van der Waals surface area (Å²) in [5.41, 5.74) is 1.78. The van der Waals surface area contributed by atoms with E-state index in [-0.39, 0.29) is 5.91 Å². The lowest BCUT2D eigenvalue weighted by molar-refractivity contribution is 0.0772. The van der Waals surface area contributed by atoms with E-state index in [2.05, 4.69) is 15.9 Å². The van der Waals surface area contributed by atoms with Gasteiger partial charge in [0.15, 0.2) is 0 Å². The van der Waals surface area contributed by atoms with E-state index >= 15 is 0 Å². The first kappa shape index (κ1) is 16.6. The Bertz CT molecular complexity index is 624. The molecule has 2 rings (SSSR count). The Morgan fingerprint density at radius 3 is 2.36 bits per heavy atom. The Kier molecular flexibility index (Phi) is 6.01. The van der Waals surface area contributed by atoms with Gasteiger partial charge in [0.05, 0.1) is 5.56 Å². The Balaban J connectivity index is 2.08. The van der Waals surface area contributed by atoms with Crippen LogP contribution in [0.5, 0.6) is 5.75 Å². The smallest absolute Gasteiger partial charge is 0.254 e. The predicted molar refractivity (Wildman–Crippen MR) is 92.2 cm³/mol. The van der Waals surface area contributed by atoms with Gasteiger partial charge in [-0.3, -0.25) is 4.79 Å². The van der Waals surface area contributed by atoms with Crippen molar-refractivity contribution in [2.24, 2.45) is 0 Å². The predicted octanol–water partition coefficient (Wildman–Crippen LogP) is 4.51. The van der Waals surface area contributed by atoms with E-state index in [1.54, 1.807) is 4.90 Å². The summed E-state index contributed by atoms with van der Waals surface area (Å²) < 4.78 is 6.53. The molecule has 2 aromatic carbocycles. The van der Waals surface area contributed by atoms with Gasteiger partial charge in [-0.2, -0.15) is 0 Å². The third kappa shape index (κ3) is 4.10. The van der Waals surface area contributed by atoms with Crippen molar-refractivity contribution in [2.45, 2.75) is 20.5 Å². The number of nitrogens with zero attached hydrogens (tertiary/aromatic N) is 1. The molecule has 116 valence electrons. The Morgan fingerprint density at radius 2 is 1.77 bits per heavy atom. The minimum Gasteiger partial charge on any atom is -0.489 e. The Hall–Kier alpha value is -1.81. The third-order valence-corrected chi connectivity index (χ3v) is 4.13. The topological polar surface area (TPSA) is 29.5 Å². The van der Waals surface area contributed by atoms with Gasteiger partial charge in [0.1, 0.15) is 12.4 Å². The Morgan fingerprint density at radius 1 is 1.09 bits per heavy atom. The standard InChI is InChI=1S/C18H20BrNO2/c1-3-20(4-2)18(21)16-11-10-15(12-17(16)19)22-13-14-8-6-5-7-9-14/h5-12H,3-4,13H2,1-2H3. The summed E-state index contributed by atoms with van der Waals surface area (Å²) >= 11 is 3.47. The molecule has 0 aliphatic heterocycles. The second-order valence-electron chi connectivity index (χ2n) is 4.89. The number of rotatable bonds is 6. The molecule has 0 fully saturated rings. The van der Waals surface area contributed by atoms with Gasteiger partial charge in [0.2, 0.25) is 0 Å². The minimum atomic E-state index is 0.0338. The van der Waals surface area contributed by atoms with Gasteiger partial charge in [-0.25, -0.2) is 0 Å². The molecule has 0 N–H and O–H groups in total. The SMILES string of the molecule is CCN(CC)C(=O)c1ccc(OCc2ccccc2)cc1Br. The maximum atomic E-state index is 12.4. The van der Waals surface area contributed by atoms with E-state index in [1.807, 2.05) is 62.4 Å². The first-order valence-electron chi connectivity index (χ1n) is 7.41. The lowest BCUT2D eigenvalue weighted by atomic mass is 10.2. The van der Waals surface area contributed by atoms with E-state index in [0.717, 1.165) is 15.8 Å². The summed E-state index contributed by atoms with van der Waals surface area (Å²) in [6, 6.07) is 15.5. The summed E-state index contributed by atoms with van der Waals surface area (Å²) in [6.45, 7) is 5.87. The molecule has 0 aliphatic carbocycles. The first-order valence-corrected chi connectivity index (χ1v) is 8.20. The van der Waals surface area contributed by atoms with Gasteiger partial charge < -0.3 is 9.64 Å². The van der Waals surface area contributed by atoms with Gasteiger partial charge >= 0.3 is 0 Å². The zero-order valence-corrected chi connectivity index (χ0v) is 14.5. The molecular formula is C18H20BrNO2. The molecule has 3 nitrogen and oxygen atoms in total. The summed E-state index contributed by atoms with van der Waals surface area (Å²) in [6.07, 6.45) is 0. The molecule has 0 atom stereocenters. The van der Waals surface area contributed by atoms with Crippen LogP contribution in [0.3, 0.4) is 0 Å². The van der Waals surface area contributed by atoms with Crippen LogP contribution in [0.25, 0.3) is 0 Å². The number of carbonyl (C=O) groups excluding carboxylic acids is 1. The summed E-state index contributed by atoms with van der Waals surface area (Å²) in [5.74, 6) is 0.776. The highest BCUT2D eigenvalue weighted by atomic mass is 79.9. The first-order chi connectivity index (χ1) is 10.7. The van der Waals surface area contributed by atoms with Crippen LogP contribution >= 0.6 is 15.9 Å². The lowest BCUT2D eigenvalue weighted by Gasteiger charge is -2.19. The minimum absolute atomic E-state index is 0.0338. The normalized spacial score (nSPS) is 10.3. The van der Waals surface area contributed by atoms with Gasteiger partial charge in [-0.05, 0) is 53.5 Å². The van der Waals surface area contributed by atoms with Crippen molar-refractivity contribution in [2.75, 3.05) is 13.1 Å². The molecule has 0 unspecified atom stereocenters. The molecule has 0 radical (unpaired) electrons. The highest BCUT2D eigenvalue weighted by molar-refractivity contribution is 9.10. The molecule has 0 spiro atoms. The molecule has 0 saturated carbocycles. The van der Waals surface area contributed by atoms with Crippen LogP contribution in [0.15, 0.2) is 53.0 Å². The van der Waals surface area contributed by atoms with E-state index in [4.69, 9.17) is 4.74 Å². The number of carbonyl (C=O) groups is 1. The zero-order valence-electron chi connectivity index (χ0n) is 12.9. The number of amides is 1. The highest BCUT2D eigenvalue weighted by Crippen LogP contribution is 2.25. The van der Waals surface area contributed by atoms with E-state index in [0.29, 0.717) is 25.3 Å². The maximum absolute atomic E-state index is 12.4. The molecule has 0 aliphatic rings. The molecule has 2 aromatic rings. The van der Waals surface area contributed by atoms with Crippen LogP contribution in [-0.2, 0) is 6.61 Å². The lowest BCUT2D eigenvalue weighted by Crippen LogP contribution is -2.30. The number of hydrogen-bond donors (Lipinski definition) is 0. The monoisotopic (exact) mass is 361 g/mol. The fourth-order valence-corrected chi connectivity index (χ4v) is 2.71. The van der Waals surface area contributed by atoms with Gasteiger partial charge in [0.25, 0.3) is 5.91 Å². The van der Waals surface area contributed by atoms with Gasteiger partial charge in [0, 0.05) is 17.6 Å². The van der Waals surface area contributed by atoms with Crippen LogP contribution in [0.1, 0.15) is 29.8 Å². The number of hydrogen-bond acceptors (Lipinski definition) is 2. The molecule has 22 heavy (non-hydrogen) atoms. The largest absolute Gasteiger partial charge is 0.489 e. The fourth-order valence-electron chi connectivity index (χ4n) is 2.18. The quantitative estimate of drug-likeness (QED) is 0.757. The van der Waals surface area contributed by atoms with E-state index in [9.17, 15) is 4.79 Å². The highest BCUT2D eigenvalue weighted by Gasteiger charge is 2.16. The fraction of sp³-hybridized carbons (Fsp3) is 0.278. The second kappa shape index (κ2) is 7.99. The molecule has 0 aromatic heterocycles. The zero-order chi connectivity index (χ0) is 15.9. The number of halogens is 1. The van der Waals surface area contributed by atoms with Crippen LogP contribution in [0.4, 0.5) is 0 Å². The van der Waals surface area contributed by atoms with Crippen molar-refractivity contribution in [3.8, 4) is 5.75 Å². The summed E-state index contributed by atoms with van der Waals surface area (Å²) in [7, 11) is 0. The average Bonchev–Trinajstić information content (AvgIpc) is 2.55. The number of benzene rings is 2. The van der Waals surface area contributed by atoms with Crippen LogP contribution in [0.2, 0.25) is 0 Å². The molecule has 0 saturated heterocycles. The van der Waals surface area contributed by atoms with E-state index in [1.165, 1.54) is 0 Å². The molecule has 0 heterocycles. The van der Waals surface area contributed by atoms with Crippen molar-refractivity contribution in [1.29, 1.82) is 0 Å². The average molecular weight is 362 g/mol. The maximum Gasteiger partial charge on any atom is 0.254 e. The summed E-state index contributed by atoms with van der Waals surface area (Å²) in [5, 5.41) is 0. The third-order valence-electron chi connectivity index (χ3n) is 3.47. The molecule has 4 heteroatoms.